The van der Waals surface area contributed by atoms with Crippen LogP contribution in [0.15, 0.2) is 53.5 Å². The van der Waals surface area contributed by atoms with Crippen molar-refractivity contribution in [3.05, 3.63) is 65.2 Å². The summed E-state index contributed by atoms with van der Waals surface area (Å²) in [4.78, 5) is 4.43. The second-order valence-corrected chi connectivity index (χ2v) is 5.53. The number of hydrogen-bond donors (Lipinski definition) is 2. The Hall–Kier alpha value is -2.29. The molecule has 110 valence electrons. The van der Waals surface area contributed by atoms with Crippen LogP contribution in [0.1, 0.15) is 29.5 Å². The first-order chi connectivity index (χ1) is 10.0. The molecule has 21 heavy (non-hydrogen) atoms. The van der Waals surface area contributed by atoms with E-state index in [1.807, 2.05) is 18.2 Å². The van der Waals surface area contributed by atoms with Crippen LogP contribution >= 0.6 is 0 Å². The molecule has 2 aromatic carbocycles. The predicted molar refractivity (Wildman–Crippen MR) is 90.9 cm³/mol. The molecule has 0 bridgehead atoms. The molecule has 0 aliphatic heterocycles. The van der Waals surface area contributed by atoms with E-state index in [4.69, 9.17) is 5.73 Å². The second kappa shape index (κ2) is 6.93. The number of benzene rings is 2. The van der Waals surface area contributed by atoms with E-state index in [-0.39, 0.29) is 0 Å². The Bertz CT molecular complexity index is 615. The number of aliphatic imine (C=N–C) groups is 1. The van der Waals surface area contributed by atoms with Gasteiger partial charge in [-0.3, -0.25) is 4.99 Å². The van der Waals surface area contributed by atoms with E-state index < -0.39 is 0 Å². The van der Waals surface area contributed by atoms with Crippen molar-refractivity contribution in [3.63, 3.8) is 0 Å². The van der Waals surface area contributed by atoms with Gasteiger partial charge in [0, 0.05) is 18.2 Å². The highest BCUT2D eigenvalue weighted by molar-refractivity contribution is 5.92. The summed E-state index contributed by atoms with van der Waals surface area (Å²) < 4.78 is 0. The first kappa shape index (κ1) is 15.1. The number of guanidine groups is 1. The summed E-state index contributed by atoms with van der Waals surface area (Å²) in [7, 11) is 0. The topological polar surface area (TPSA) is 50.4 Å². The van der Waals surface area contributed by atoms with Crippen LogP contribution in [-0.4, -0.2) is 12.5 Å². The molecular weight excluding hydrogens is 258 g/mol. The summed E-state index contributed by atoms with van der Waals surface area (Å²) in [5.41, 5.74) is 10.7. The third-order valence-corrected chi connectivity index (χ3v) is 3.47. The van der Waals surface area contributed by atoms with Crippen molar-refractivity contribution in [1.29, 1.82) is 0 Å². The molecule has 1 atom stereocenters. The highest BCUT2D eigenvalue weighted by Crippen LogP contribution is 2.16. The van der Waals surface area contributed by atoms with Crippen molar-refractivity contribution in [2.24, 2.45) is 10.7 Å². The summed E-state index contributed by atoms with van der Waals surface area (Å²) in [6.07, 6.45) is 0. The minimum Gasteiger partial charge on any atom is -0.370 e. The molecule has 0 aromatic heterocycles. The van der Waals surface area contributed by atoms with Gasteiger partial charge in [-0.05, 0) is 37.1 Å². The molecule has 0 aliphatic rings. The first-order valence-corrected chi connectivity index (χ1v) is 7.25. The van der Waals surface area contributed by atoms with E-state index in [1.54, 1.807) is 0 Å². The SMILES string of the molecule is Cc1ccc(C(C)CN=C(N)Nc2cccc(C)c2)cc1. The zero-order valence-electron chi connectivity index (χ0n) is 12.9. The van der Waals surface area contributed by atoms with Crippen LogP contribution in [0.4, 0.5) is 5.69 Å². The maximum absolute atomic E-state index is 5.95. The largest absolute Gasteiger partial charge is 0.370 e. The van der Waals surface area contributed by atoms with Crippen molar-refractivity contribution in [3.8, 4) is 0 Å². The monoisotopic (exact) mass is 281 g/mol. The molecule has 0 radical (unpaired) electrons. The quantitative estimate of drug-likeness (QED) is 0.661. The van der Waals surface area contributed by atoms with Gasteiger partial charge in [0.1, 0.15) is 0 Å². The molecular formula is C18H23N3. The maximum atomic E-state index is 5.95. The Labute approximate surface area is 126 Å². The van der Waals surface area contributed by atoms with Crippen LogP contribution < -0.4 is 11.1 Å². The van der Waals surface area contributed by atoms with E-state index >= 15 is 0 Å². The van der Waals surface area contributed by atoms with Crippen LogP contribution in [0.3, 0.4) is 0 Å². The highest BCUT2D eigenvalue weighted by atomic mass is 15.1. The minimum absolute atomic E-state index is 0.350. The van der Waals surface area contributed by atoms with E-state index in [0.29, 0.717) is 18.4 Å². The summed E-state index contributed by atoms with van der Waals surface area (Å²) in [6.45, 7) is 6.98. The molecule has 0 aliphatic carbocycles. The normalized spacial score (nSPS) is 13.0. The van der Waals surface area contributed by atoms with E-state index in [9.17, 15) is 0 Å². The van der Waals surface area contributed by atoms with Crippen LogP contribution in [0, 0.1) is 13.8 Å². The van der Waals surface area contributed by atoms with Gasteiger partial charge in [-0.15, -0.1) is 0 Å². The Kier molecular flexibility index (Phi) is 4.99. The Balaban J connectivity index is 1.95. The van der Waals surface area contributed by atoms with Crippen molar-refractivity contribution < 1.29 is 0 Å². The smallest absolute Gasteiger partial charge is 0.193 e. The van der Waals surface area contributed by atoms with Gasteiger partial charge < -0.3 is 11.1 Å². The minimum atomic E-state index is 0.350. The van der Waals surface area contributed by atoms with Crippen LogP contribution in [0.5, 0.6) is 0 Å². The number of nitrogens with one attached hydrogen (secondary N) is 1. The van der Waals surface area contributed by atoms with Crippen molar-refractivity contribution in [2.45, 2.75) is 26.7 Å². The maximum Gasteiger partial charge on any atom is 0.193 e. The Morgan fingerprint density at radius 3 is 2.48 bits per heavy atom. The molecule has 3 nitrogen and oxygen atoms in total. The van der Waals surface area contributed by atoms with Gasteiger partial charge in [-0.1, -0.05) is 48.9 Å². The molecule has 0 heterocycles. The molecule has 3 N–H and O–H groups in total. The average Bonchev–Trinajstić information content (AvgIpc) is 2.45. The molecule has 3 heteroatoms. The lowest BCUT2D eigenvalue weighted by atomic mass is 10.0. The average molecular weight is 281 g/mol. The lowest BCUT2D eigenvalue weighted by Crippen LogP contribution is -2.23. The Morgan fingerprint density at radius 2 is 1.81 bits per heavy atom. The number of anilines is 1. The molecule has 0 fully saturated rings. The number of nitrogens with zero attached hydrogens (tertiary/aromatic N) is 1. The number of aryl methyl sites for hydroxylation is 2. The van der Waals surface area contributed by atoms with Gasteiger partial charge in [0.2, 0.25) is 0 Å². The summed E-state index contributed by atoms with van der Waals surface area (Å²) in [5.74, 6) is 0.808. The molecule has 0 amide bonds. The van der Waals surface area contributed by atoms with Crippen molar-refractivity contribution in [1.82, 2.24) is 0 Å². The fraction of sp³-hybridized carbons (Fsp3) is 0.278. The van der Waals surface area contributed by atoms with Crippen molar-refractivity contribution >= 4 is 11.6 Å². The fourth-order valence-corrected chi connectivity index (χ4v) is 2.15. The third kappa shape index (κ3) is 4.63. The number of rotatable bonds is 4. The van der Waals surface area contributed by atoms with Crippen LogP contribution in [0.25, 0.3) is 0 Å². The molecule has 0 spiro atoms. The molecule has 0 saturated carbocycles. The van der Waals surface area contributed by atoms with Gasteiger partial charge in [0.25, 0.3) is 0 Å². The standard InChI is InChI=1S/C18H23N3/c1-13-7-9-16(10-8-13)15(3)12-20-18(19)21-17-6-4-5-14(2)11-17/h4-11,15H,12H2,1-3H3,(H3,19,20,21). The molecule has 2 rings (SSSR count). The van der Waals surface area contributed by atoms with Crippen molar-refractivity contribution in [2.75, 3.05) is 11.9 Å². The molecule has 1 unspecified atom stereocenters. The summed E-state index contributed by atoms with van der Waals surface area (Å²) in [5, 5.41) is 3.13. The summed E-state index contributed by atoms with van der Waals surface area (Å²) in [6, 6.07) is 16.6. The molecule has 0 saturated heterocycles. The zero-order chi connectivity index (χ0) is 15.2. The number of hydrogen-bond acceptors (Lipinski definition) is 1. The highest BCUT2D eigenvalue weighted by Gasteiger charge is 2.04. The second-order valence-electron chi connectivity index (χ2n) is 5.53. The van der Waals surface area contributed by atoms with E-state index in [2.05, 4.69) is 61.4 Å². The fourth-order valence-electron chi connectivity index (χ4n) is 2.15. The van der Waals surface area contributed by atoms with Crippen LogP contribution in [0.2, 0.25) is 0 Å². The zero-order valence-corrected chi connectivity index (χ0v) is 12.9. The van der Waals surface area contributed by atoms with Gasteiger partial charge in [-0.25, -0.2) is 0 Å². The van der Waals surface area contributed by atoms with Gasteiger partial charge >= 0.3 is 0 Å². The van der Waals surface area contributed by atoms with Gasteiger partial charge in [0.05, 0.1) is 0 Å². The van der Waals surface area contributed by atoms with E-state index in [0.717, 1.165) is 5.69 Å². The Morgan fingerprint density at radius 1 is 1.10 bits per heavy atom. The van der Waals surface area contributed by atoms with Gasteiger partial charge in [-0.2, -0.15) is 0 Å². The van der Waals surface area contributed by atoms with Crippen LogP contribution in [-0.2, 0) is 0 Å². The summed E-state index contributed by atoms with van der Waals surface area (Å²) >= 11 is 0. The van der Waals surface area contributed by atoms with Gasteiger partial charge in [0.15, 0.2) is 5.96 Å². The third-order valence-electron chi connectivity index (χ3n) is 3.47. The lowest BCUT2D eigenvalue weighted by molar-refractivity contribution is 0.774. The lowest BCUT2D eigenvalue weighted by Gasteiger charge is -2.11. The predicted octanol–water partition coefficient (Wildman–Crippen LogP) is 3.83. The number of nitrogens with two attached hydrogens (primary N) is 1. The van der Waals surface area contributed by atoms with E-state index in [1.165, 1.54) is 16.7 Å². The molecule has 2 aromatic rings. The first-order valence-electron chi connectivity index (χ1n) is 7.25.